The average molecular weight is 359 g/mol. The topological polar surface area (TPSA) is 45.9 Å². The summed E-state index contributed by atoms with van der Waals surface area (Å²) in [6, 6.07) is 11.0. The van der Waals surface area contributed by atoms with E-state index in [1.165, 1.54) is 12.1 Å². The van der Waals surface area contributed by atoms with Gasteiger partial charge < -0.3 is 0 Å². The summed E-state index contributed by atoms with van der Waals surface area (Å²) in [5.41, 5.74) is 2.19. The molecular weight excluding hydrogens is 349 g/mol. The Morgan fingerprint density at radius 2 is 1.95 bits per heavy atom. The zero-order valence-corrected chi connectivity index (χ0v) is 12.8. The van der Waals surface area contributed by atoms with Gasteiger partial charge in [-0.1, -0.05) is 28.1 Å². The first-order valence-corrected chi connectivity index (χ1v) is 7.49. The number of carbonyl (C=O) groups is 1. The van der Waals surface area contributed by atoms with Gasteiger partial charge in [-0.3, -0.25) is 5.32 Å². The van der Waals surface area contributed by atoms with E-state index in [2.05, 4.69) is 26.2 Å². The molecular formula is C16H10BrFN3O+. The van der Waals surface area contributed by atoms with E-state index in [0.29, 0.717) is 5.82 Å². The number of anilines is 1. The van der Waals surface area contributed by atoms with E-state index in [9.17, 15) is 9.18 Å². The lowest BCUT2D eigenvalue weighted by molar-refractivity contribution is -0.524. The molecule has 0 amide bonds. The summed E-state index contributed by atoms with van der Waals surface area (Å²) in [4.78, 5) is 17.1. The van der Waals surface area contributed by atoms with Gasteiger partial charge in [0.1, 0.15) is 17.5 Å². The fraction of sp³-hybridized carbons (Fsp3) is 0.0625. The van der Waals surface area contributed by atoms with Crippen LogP contribution in [0, 0.1) is 5.82 Å². The molecule has 1 N–H and O–H groups in total. The molecule has 22 heavy (non-hydrogen) atoms. The van der Waals surface area contributed by atoms with Crippen molar-refractivity contribution >= 4 is 38.7 Å². The molecule has 1 aromatic heterocycles. The van der Waals surface area contributed by atoms with Gasteiger partial charge >= 0.3 is 11.7 Å². The van der Waals surface area contributed by atoms with Crippen molar-refractivity contribution in [2.45, 2.75) is 6.04 Å². The summed E-state index contributed by atoms with van der Waals surface area (Å²) in [5.74, 6) is 0.201. The van der Waals surface area contributed by atoms with E-state index in [-0.39, 0.29) is 11.7 Å². The Morgan fingerprint density at radius 3 is 2.73 bits per heavy atom. The van der Waals surface area contributed by atoms with E-state index in [1.807, 2.05) is 18.2 Å². The molecule has 108 valence electrons. The number of carbonyl (C=O) groups excluding carboxylic acids is 1. The van der Waals surface area contributed by atoms with E-state index in [4.69, 9.17) is 0 Å². The molecule has 0 fully saturated rings. The first-order chi connectivity index (χ1) is 10.6. The summed E-state index contributed by atoms with van der Waals surface area (Å²) >= 11 is 3.41. The van der Waals surface area contributed by atoms with E-state index >= 15 is 0 Å². The van der Waals surface area contributed by atoms with Gasteiger partial charge in [-0.25, -0.2) is 14.2 Å². The minimum absolute atomic E-state index is 0.105. The Balaban J connectivity index is 1.86. The van der Waals surface area contributed by atoms with Gasteiger partial charge in [0.05, 0.1) is 0 Å². The van der Waals surface area contributed by atoms with Crippen LogP contribution in [0.3, 0.4) is 0 Å². The molecule has 1 unspecified atom stereocenters. The third-order valence-electron chi connectivity index (χ3n) is 3.71. The van der Waals surface area contributed by atoms with Crippen LogP contribution >= 0.6 is 15.9 Å². The number of hydrogen-bond donors (Lipinski definition) is 1. The SMILES string of the molecule is O=C1C(c2ccc(F)cc2)Nc2cnc3ccc(Br)cc3[n+]21. The Hall–Kier alpha value is -2.34. The number of rotatable bonds is 1. The molecule has 0 saturated carbocycles. The molecule has 0 aliphatic carbocycles. The van der Waals surface area contributed by atoms with Crippen molar-refractivity contribution in [2.24, 2.45) is 0 Å². The first-order valence-electron chi connectivity index (χ1n) is 6.70. The summed E-state index contributed by atoms with van der Waals surface area (Å²) in [7, 11) is 0. The standard InChI is InChI=1S/C16H9BrFN3O/c17-10-3-6-12-13(7-10)21-14(8-19-12)20-15(16(21)22)9-1-4-11(18)5-2-9/h1-8,15H/p+1. The predicted octanol–water partition coefficient (Wildman–Crippen LogP) is 3.23. The van der Waals surface area contributed by atoms with Crippen molar-refractivity contribution in [3.05, 3.63) is 64.5 Å². The van der Waals surface area contributed by atoms with E-state index in [1.54, 1.807) is 22.9 Å². The van der Waals surface area contributed by atoms with Crippen LogP contribution in [-0.2, 0) is 0 Å². The Kier molecular flexibility index (Phi) is 2.94. The lowest BCUT2D eigenvalue weighted by Gasteiger charge is -2.02. The number of fused-ring (bicyclic) bond motifs is 3. The van der Waals surface area contributed by atoms with Crippen LogP contribution in [0.4, 0.5) is 10.2 Å². The molecule has 1 aliphatic heterocycles. The van der Waals surface area contributed by atoms with Crippen LogP contribution in [0.5, 0.6) is 0 Å². The quantitative estimate of drug-likeness (QED) is 0.679. The highest BCUT2D eigenvalue weighted by atomic mass is 79.9. The molecule has 6 heteroatoms. The number of hydrogen-bond acceptors (Lipinski definition) is 3. The van der Waals surface area contributed by atoms with Crippen molar-refractivity contribution in [1.82, 2.24) is 4.98 Å². The minimum atomic E-state index is -0.535. The molecule has 1 aliphatic rings. The number of benzene rings is 2. The maximum atomic E-state index is 13.1. The monoisotopic (exact) mass is 358 g/mol. The fourth-order valence-corrected chi connectivity index (χ4v) is 3.01. The van der Waals surface area contributed by atoms with Gasteiger partial charge in [0.25, 0.3) is 0 Å². The highest BCUT2D eigenvalue weighted by molar-refractivity contribution is 9.10. The number of halogens is 2. The second kappa shape index (κ2) is 4.84. The molecule has 0 bridgehead atoms. The molecule has 1 atom stereocenters. The van der Waals surface area contributed by atoms with Crippen LogP contribution in [0.1, 0.15) is 16.4 Å². The van der Waals surface area contributed by atoms with Crippen molar-refractivity contribution < 1.29 is 13.8 Å². The summed E-state index contributed by atoms with van der Waals surface area (Å²) in [6.07, 6.45) is 1.64. The van der Waals surface area contributed by atoms with Crippen molar-refractivity contribution in [1.29, 1.82) is 0 Å². The number of nitrogens with one attached hydrogen (secondary N) is 1. The Bertz CT molecular complexity index is 911. The molecule has 2 aromatic carbocycles. The predicted molar refractivity (Wildman–Crippen MR) is 83.0 cm³/mol. The van der Waals surface area contributed by atoms with Crippen molar-refractivity contribution in [2.75, 3.05) is 5.32 Å². The average Bonchev–Trinajstić information content (AvgIpc) is 2.85. The molecule has 0 saturated heterocycles. The molecule has 2 heterocycles. The minimum Gasteiger partial charge on any atom is -0.254 e. The Morgan fingerprint density at radius 1 is 1.18 bits per heavy atom. The second-order valence-corrected chi connectivity index (χ2v) is 5.99. The number of aromatic nitrogens is 2. The van der Waals surface area contributed by atoms with Gasteiger partial charge in [-0.15, -0.1) is 0 Å². The van der Waals surface area contributed by atoms with Gasteiger partial charge in [-0.05, 0) is 24.3 Å². The smallest absolute Gasteiger partial charge is 0.254 e. The molecule has 3 aromatic rings. The van der Waals surface area contributed by atoms with Crippen molar-refractivity contribution in [3.63, 3.8) is 0 Å². The van der Waals surface area contributed by atoms with Crippen LogP contribution in [0.15, 0.2) is 53.1 Å². The maximum absolute atomic E-state index is 13.1. The summed E-state index contributed by atoms with van der Waals surface area (Å²) in [5, 5.41) is 3.14. The molecule has 4 rings (SSSR count). The first kappa shape index (κ1) is 13.3. The van der Waals surface area contributed by atoms with E-state index in [0.717, 1.165) is 21.1 Å². The van der Waals surface area contributed by atoms with Crippen molar-refractivity contribution in [3.8, 4) is 0 Å². The van der Waals surface area contributed by atoms with Gasteiger partial charge in [0.15, 0.2) is 5.52 Å². The van der Waals surface area contributed by atoms with Crippen LogP contribution in [0.2, 0.25) is 0 Å². The fourth-order valence-electron chi connectivity index (χ4n) is 2.66. The lowest BCUT2D eigenvalue weighted by atomic mass is 10.1. The van der Waals surface area contributed by atoms with Gasteiger partial charge in [-0.2, -0.15) is 4.57 Å². The molecule has 0 radical (unpaired) electrons. The lowest BCUT2D eigenvalue weighted by Crippen LogP contribution is -2.41. The highest BCUT2D eigenvalue weighted by Gasteiger charge is 2.40. The molecule has 0 spiro atoms. The van der Waals surface area contributed by atoms with E-state index < -0.39 is 6.04 Å². The second-order valence-electron chi connectivity index (χ2n) is 5.08. The van der Waals surface area contributed by atoms with Crippen LogP contribution in [-0.4, -0.2) is 10.9 Å². The largest absolute Gasteiger partial charge is 0.364 e. The third kappa shape index (κ3) is 1.99. The van der Waals surface area contributed by atoms with Gasteiger partial charge in [0.2, 0.25) is 6.04 Å². The summed E-state index contributed by atoms with van der Waals surface area (Å²) in [6.45, 7) is 0. The zero-order chi connectivity index (χ0) is 15.3. The zero-order valence-electron chi connectivity index (χ0n) is 11.3. The normalized spacial score (nSPS) is 16.6. The highest BCUT2D eigenvalue weighted by Crippen LogP contribution is 2.26. The maximum Gasteiger partial charge on any atom is 0.364 e. The Labute approximate surface area is 133 Å². The van der Waals surface area contributed by atoms with Crippen LogP contribution < -0.4 is 9.88 Å². The van der Waals surface area contributed by atoms with Crippen LogP contribution in [0.25, 0.3) is 11.0 Å². The van der Waals surface area contributed by atoms with Gasteiger partial charge in [0, 0.05) is 16.1 Å². The third-order valence-corrected chi connectivity index (χ3v) is 4.20. The molecule has 4 nitrogen and oxygen atoms in total. The number of nitrogens with zero attached hydrogens (tertiary/aromatic N) is 2. The summed E-state index contributed by atoms with van der Waals surface area (Å²) < 4.78 is 15.5.